The lowest BCUT2D eigenvalue weighted by molar-refractivity contribution is -0.161. The second-order valence-corrected chi connectivity index (χ2v) is 6.38. The third-order valence-corrected chi connectivity index (χ3v) is 4.71. The Bertz CT molecular complexity index is 648. The third kappa shape index (κ3) is 3.09. The molecule has 2 aliphatic rings. The fourth-order valence-corrected chi connectivity index (χ4v) is 3.55. The lowest BCUT2D eigenvalue weighted by atomic mass is 9.97. The molecule has 0 bridgehead atoms. The molecular weight excluding hydrogens is 312 g/mol. The molecule has 0 saturated carbocycles. The van der Waals surface area contributed by atoms with Crippen LogP contribution in [0.4, 0.5) is 0 Å². The Morgan fingerprint density at radius 1 is 1.29 bits per heavy atom. The van der Waals surface area contributed by atoms with E-state index in [4.69, 9.17) is 4.74 Å². The van der Waals surface area contributed by atoms with Crippen molar-refractivity contribution in [3.05, 3.63) is 23.8 Å². The summed E-state index contributed by atoms with van der Waals surface area (Å²) in [6.07, 6.45) is 2.23. The summed E-state index contributed by atoms with van der Waals surface area (Å²) in [5, 5.41) is 22.3. The summed E-state index contributed by atoms with van der Waals surface area (Å²) in [6.45, 7) is 1.16. The van der Waals surface area contributed by atoms with Gasteiger partial charge >= 0.3 is 0 Å². The second kappa shape index (κ2) is 6.78. The van der Waals surface area contributed by atoms with Crippen LogP contribution < -0.4 is 0 Å². The van der Waals surface area contributed by atoms with Crippen molar-refractivity contribution >= 4 is 11.8 Å². The van der Waals surface area contributed by atoms with Gasteiger partial charge < -0.3 is 14.9 Å². The van der Waals surface area contributed by atoms with Gasteiger partial charge in [-0.15, -0.1) is 0 Å². The number of phenolic OH excluding ortho intramolecular Hbond substituents is 2. The number of methoxy groups -OCH3 is 1. The van der Waals surface area contributed by atoms with Gasteiger partial charge in [0.25, 0.3) is 0 Å². The molecule has 2 unspecified atom stereocenters. The monoisotopic (exact) mass is 334 g/mol. The van der Waals surface area contributed by atoms with Crippen LogP contribution in [0, 0.1) is 5.92 Å². The molecule has 2 atom stereocenters. The minimum atomic E-state index is -0.489. The minimum absolute atomic E-state index is 0.0359. The summed E-state index contributed by atoms with van der Waals surface area (Å²) < 4.78 is 5.19. The van der Waals surface area contributed by atoms with Gasteiger partial charge in [0.05, 0.1) is 18.6 Å². The molecule has 2 amide bonds. The lowest BCUT2D eigenvalue weighted by Gasteiger charge is -2.31. The average Bonchev–Trinajstić information content (AvgIpc) is 3.07. The number of carbonyl (C=O) groups excluding carboxylic acids is 2. The maximum absolute atomic E-state index is 12.7. The van der Waals surface area contributed by atoms with Crippen molar-refractivity contribution in [1.29, 1.82) is 0 Å². The van der Waals surface area contributed by atoms with Crippen LogP contribution in [-0.4, -0.2) is 58.3 Å². The van der Waals surface area contributed by atoms with E-state index in [9.17, 15) is 19.8 Å². The standard InChI is InChI=1S/C17H22N2O5/c1-24-10-13-3-2-6-18(13)19-16(22)8-12(17(19)23)7-11-4-5-14(20)9-15(11)21/h4-5,9,12-13,20-21H,2-3,6-8,10H2,1H3. The van der Waals surface area contributed by atoms with Crippen LogP contribution >= 0.6 is 0 Å². The molecular formula is C17H22N2O5. The van der Waals surface area contributed by atoms with Gasteiger partial charge in [0.2, 0.25) is 11.8 Å². The Balaban J connectivity index is 1.74. The van der Waals surface area contributed by atoms with Gasteiger partial charge in [-0.05, 0) is 30.9 Å². The normalized spacial score (nSPS) is 25.0. The van der Waals surface area contributed by atoms with E-state index in [1.54, 1.807) is 13.2 Å². The first-order valence-electron chi connectivity index (χ1n) is 8.14. The molecule has 2 fully saturated rings. The first kappa shape index (κ1) is 16.7. The molecule has 1 aromatic rings. The van der Waals surface area contributed by atoms with Crippen molar-refractivity contribution in [2.75, 3.05) is 20.3 Å². The smallest absolute Gasteiger partial charge is 0.247 e. The molecule has 1 aromatic carbocycles. The molecule has 130 valence electrons. The number of amides is 2. The second-order valence-electron chi connectivity index (χ2n) is 6.38. The van der Waals surface area contributed by atoms with E-state index in [1.807, 2.05) is 5.01 Å². The molecule has 2 heterocycles. The van der Waals surface area contributed by atoms with Crippen LogP contribution in [-0.2, 0) is 20.7 Å². The van der Waals surface area contributed by atoms with Crippen molar-refractivity contribution in [3.63, 3.8) is 0 Å². The SMILES string of the molecule is COCC1CCCN1N1C(=O)CC(Cc2ccc(O)cc2O)C1=O. The number of ether oxygens (including phenoxy) is 1. The van der Waals surface area contributed by atoms with Crippen LogP contribution in [0.3, 0.4) is 0 Å². The predicted molar refractivity (Wildman–Crippen MR) is 85.0 cm³/mol. The van der Waals surface area contributed by atoms with Crippen molar-refractivity contribution in [2.24, 2.45) is 5.92 Å². The molecule has 2 saturated heterocycles. The highest BCUT2D eigenvalue weighted by Crippen LogP contribution is 2.32. The number of imide groups is 1. The first-order valence-corrected chi connectivity index (χ1v) is 8.14. The van der Waals surface area contributed by atoms with E-state index >= 15 is 0 Å². The molecule has 3 rings (SSSR count). The zero-order valence-electron chi connectivity index (χ0n) is 13.6. The van der Waals surface area contributed by atoms with E-state index in [2.05, 4.69) is 0 Å². The average molecular weight is 334 g/mol. The van der Waals surface area contributed by atoms with Crippen molar-refractivity contribution in [2.45, 2.75) is 31.7 Å². The Kier molecular flexibility index (Phi) is 4.73. The fourth-order valence-electron chi connectivity index (χ4n) is 3.55. The number of hydrogen-bond acceptors (Lipinski definition) is 6. The maximum Gasteiger partial charge on any atom is 0.247 e. The number of hydrazine groups is 1. The van der Waals surface area contributed by atoms with Crippen molar-refractivity contribution in [1.82, 2.24) is 10.0 Å². The zero-order chi connectivity index (χ0) is 17.3. The van der Waals surface area contributed by atoms with E-state index in [0.717, 1.165) is 12.8 Å². The maximum atomic E-state index is 12.7. The first-order chi connectivity index (χ1) is 11.5. The Hall–Kier alpha value is -2.12. The van der Waals surface area contributed by atoms with Crippen LogP contribution in [0.2, 0.25) is 0 Å². The Morgan fingerprint density at radius 2 is 2.08 bits per heavy atom. The largest absolute Gasteiger partial charge is 0.508 e. The molecule has 24 heavy (non-hydrogen) atoms. The number of benzene rings is 1. The van der Waals surface area contributed by atoms with Gasteiger partial charge in [-0.25, -0.2) is 10.0 Å². The number of nitrogens with zero attached hydrogens (tertiary/aromatic N) is 2. The summed E-state index contributed by atoms with van der Waals surface area (Å²) in [5.74, 6) is -1.02. The topological polar surface area (TPSA) is 90.3 Å². The van der Waals surface area contributed by atoms with E-state index < -0.39 is 5.92 Å². The molecule has 0 aliphatic carbocycles. The molecule has 0 spiro atoms. The van der Waals surface area contributed by atoms with Gasteiger partial charge in [0.15, 0.2) is 0 Å². The van der Waals surface area contributed by atoms with E-state index in [-0.39, 0.29) is 42.2 Å². The molecule has 0 radical (unpaired) electrons. The number of carbonyl (C=O) groups is 2. The fraction of sp³-hybridized carbons (Fsp3) is 0.529. The summed E-state index contributed by atoms with van der Waals surface area (Å²) in [7, 11) is 1.61. The highest BCUT2D eigenvalue weighted by molar-refractivity contribution is 6.03. The molecule has 2 aliphatic heterocycles. The Labute approximate surface area is 140 Å². The predicted octanol–water partition coefficient (Wildman–Crippen LogP) is 1.04. The number of phenols is 2. The van der Waals surface area contributed by atoms with Gasteiger partial charge in [0, 0.05) is 26.1 Å². The Morgan fingerprint density at radius 3 is 2.79 bits per heavy atom. The summed E-state index contributed by atoms with van der Waals surface area (Å²) in [5.41, 5.74) is 0.552. The molecule has 2 N–H and O–H groups in total. The van der Waals surface area contributed by atoms with Crippen molar-refractivity contribution in [3.8, 4) is 11.5 Å². The highest BCUT2D eigenvalue weighted by Gasteiger charge is 2.45. The number of hydrogen-bond donors (Lipinski definition) is 2. The number of rotatable bonds is 5. The van der Waals surface area contributed by atoms with Crippen molar-refractivity contribution < 1.29 is 24.5 Å². The summed E-state index contributed by atoms with van der Waals surface area (Å²) in [6, 6.07) is 4.32. The summed E-state index contributed by atoms with van der Waals surface area (Å²) >= 11 is 0. The van der Waals surface area contributed by atoms with Crippen LogP contribution in [0.1, 0.15) is 24.8 Å². The van der Waals surface area contributed by atoms with E-state index in [0.29, 0.717) is 18.7 Å². The van der Waals surface area contributed by atoms with Gasteiger partial charge in [0.1, 0.15) is 11.5 Å². The van der Waals surface area contributed by atoms with Crippen LogP contribution in [0.5, 0.6) is 11.5 Å². The lowest BCUT2D eigenvalue weighted by Crippen LogP contribution is -2.50. The molecule has 7 nitrogen and oxygen atoms in total. The number of aromatic hydroxyl groups is 2. The highest BCUT2D eigenvalue weighted by atomic mass is 16.5. The van der Waals surface area contributed by atoms with Gasteiger partial charge in [-0.1, -0.05) is 6.07 Å². The van der Waals surface area contributed by atoms with Gasteiger partial charge in [-0.2, -0.15) is 0 Å². The van der Waals surface area contributed by atoms with Crippen LogP contribution in [0.15, 0.2) is 18.2 Å². The van der Waals surface area contributed by atoms with Gasteiger partial charge in [-0.3, -0.25) is 9.59 Å². The third-order valence-electron chi connectivity index (χ3n) is 4.71. The quantitative estimate of drug-likeness (QED) is 0.782. The minimum Gasteiger partial charge on any atom is -0.508 e. The van der Waals surface area contributed by atoms with E-state index in [1.165, 1.54) is 17.1 Å². The summed E-state index contributed by atoms with van der Waals surface area (Å²) in [4.78, 5) is 25.1. The zero-order valence-corrected chi connectivity index (χ0v) is 13.6. The van der Waals surface area contributed by atoms with Crippen LogP contribution in [0.25, 0.3) is 0 Å². The molecule has 0 aromatic heterocycles. The molecule has 7 heteroatoms.